The van der Waals surface area contributed by atoms with Crippen LogP contribution < -0.4 is 14.8 Å². The fraction of sp³-hybridized carbons (Fsp3) is 0.300. The Bertz CT molecular complexity index is 810. The summed E-state index contributed by atoms with van der Waals surface area (Å²) in [6.45, 7) is 2.13. The standard InChI is InChI=1S/C20H23ClN2O4/c1-14(24)23(13-15-6-4-5-7-18(15)26-2)11-10-20(25)22-17-12-16(21)8-9-19(17)27-3/h4-9,12H,10-11,13H2,1-3H3,(H,22,25). The van der Waals surface area contributed by atoms with Gasteiger partial charge < -0.3 is 19.7 Å². The van der Waals surface area contributed by atoms with Crippen LogP contribution in [-0.2, 0) is 16.1 Å². The van der Waals surface area contributed by atoms with E-state index in [-0.39, 0.29) is 24.8 Å². The Kier molecular flexibility index (Phi) is 7.49. The smallest absolute Gasteiger partial charge is 0.226 e. The first-order chi connectivity index (χ1) is 12.9. The molecule has 0 spiro atoms. The highest BCUT2D eigenvalue weighted by molar-refractivity contribution is 6.31. The molecule has 2 rings (SSSR count). The third-order valence-corrected chi connectivity index (χ3v) is 4.28. The second-order valence-corrected chi connectivity index (χ2v) is 6.33. The molecular formula is C20H23ClN2O4. The topological polar surface area (TPSA) is 67.9 Å². The van der Waals surface area contributed by atoms with E-state index in [0.29, 0.717) is 28.8 Å². The molecule has 2 aromatic rings. The van der Waals surface area contributed by atoms with E-state index in [1.165, 1.54) is 14.0 Å². The molecule has 0 aliphatic heterocycles. The minimum atomic E-state index is -0.234. The number of hydrogen-bond acceptors (Lipinski definition) is 4. The van der Waals surface area contributed by atoms with Gasteiger partial charge in [-0.3, -0.25) is 9.59 Å². The van der Waals surface area contributed by atoms with Crippen molar-refractivity contribution in [2.45, 2.75) is 19.9 Å². The van der Waals surface area contributed by atoms with Crippen molar-refractivity contribution in [1.82, 2.24) is 4.90 Å². The number of methoxy groups -OCH3 is 2. The molecule has 0 radical (unpaired) electrons. The normalized spacial score (nSPS) is 10.2. The van der Waals surface area contributed by atoms with Crippen LogP contribution in [0.3, 0.4) is 0 Å². The summed E-state index contributed by atoms with van der Waals surface area (Å²) < 4.78 is 10.5. The molecule has 1 N–H and O–H groups in total. The van der Waals surface area contributed by atoms with Crippen molar-refractivity contribution in [3.05, 3.63) is 53.1 Å². The zero-order chi connectivity index (χ0) is 19.8. The van der Waals surface area contributed by atoms with Crippen molar-refractivity contribution in [2.75, 3.05) is 26.1 Å². The molecule has 7 heteroatoms. The summed E-state index contributed by atoms with van der Waals surface area (Å²) in [5.74, 6) is 0.873. The molecule has 0 bridgehead atoms. The van der Waals surface area contributed by atoms with Crippen LogP contribution in [-0.4, -0.2) is 37.5 Å². The summed E-state index contributed by atoms with van der Waals surface area (Å²) in [6.07, 6.45) is 0.143. The Morgan fingerprint density at radius 3 is 2.44 bits per heavy atom. The molecule has 0 atom stereocenters. The van der Waals surface area contributed by atoms with Crippen LogP contribution in [0.2, 0.25) is 5.02 Å². The molecule has 0 unspecified atom stereocenters. The lowest BCUT2D eigenvalue weighted by Gasteiger charge is -2.22. The number of rotatable bonds is 8. The number of nitrogens with zero attached hydrogens (tertiary/aromatic N) is 1. The highest BCUT2D eigenvalue weighted by atomic mass is 35.5. The third kappa shape index (κ3) is 5.89. The van der Waals surface area contributed by atoms with Crippen LogP contribution in [0.5, 0.6) is 11.5 Å². The van der Waals surface area contributed by atoms with Gasteiger partial charge in [-0.25, -0.2) is 0 Å². The molecule has 0 aliphatic carbocycles. The van der Waals surface area contributed by atoms with E-state index in [1.54, 1.807) is 30.2 Å². The summed E-state index contributed by atoms with van der Waals surface area (Å²) in [4.78, 5) is 25.9. The van der Waals surface area contributed by atoms with Crippen LogP contribution in [0.15, 0.2) is 42.5 Å². The molecule has 2 aromatic carbocycles. The second-order valence-electron chi connectivity index (χ2n) is 5.90. The molecule has 0 aliphatic rings. The highest BCUT2D eigenvalue weighted by Crippen LogP contribution is 2.27. The number of carbonyl (C=O) groups is 2. The van der Waals surface area contributed by atoms with Crippen LogP contribution in [0.25, 0.3) is 0 Å². The number of halogens is 1. The lowest BCUT2D eigenvalue weighted by Crippen LogP contribution is -2.31. The summed E-state index contributed by atoms with van der Waals surface area (Å²) in [7, 11) is 3.10. The fourth-order valence-corrected chi connectivity index (χ4v) is 2.79. The Balaban J connectivity index is 2.00. The van der Waals surface area contributed by atoms with Gasteiger partial charge in [-0.05, 0) is 24.3 Å². The number of nitrogens with one attached hydrogen (secondary N) is 1. The first kappa shape index (κ1) is 20.6. The van der Waals surface area contributed by atoms with Gasteiger partial charge in [0.1, 0.15) is 11.5 Å². The third-order valence-electron chi connectivity index (χ3n) is 4.04. The number of hydrogen-bond donors (Lipinski definition) is 1. The van der Waals surface area contributed by atoms with Gasteiger partial charge in [-0.1, -0.05) is 29.8 Å². The Morgan fingerprint density at radius 2 is 1.78 bits per heavy atom. The highest BCUT2D eigenvalue weighted by Gasteiger charge is 2.15. The maximum Gasteiger partial charge on any atom is 0.226 e. The Hall–Kier alpha value is -2.73. The van der Waals surface area contributed by atoms with Gasteiger partial charge in [0.25, 0.3) is 0 Å². The Morgan fingerprint density at radius 1 is 1.07 bits per heavy atom. The molecule has 0 saturated carbocycles. The molecule has 0 fully saturated rings. The van der Waals surface area contributed by atoms with E-state index in [0.717, 1.165) is 5.56 Å². The lowest BCUT2D eigenvalue weighted by molar-refractivity contribution is -0.129. The summed E-state index contributed by atoms with van der Waals surface area (Å²) in [5, 5.41) is 3.27. The number of para-hydroxylation sites is 1. The van der Waals surface area contributed by atoms with Crippen LogP contribution in [0, 0.1) is 0 Å². The first-order valence-electron chi connectivity index (χ1n) is 8.45. The van der Waals surface area contributed by atoms with Crippen molar-refractivity contribution in [3.8, 4) is 11.5 Å². The SMILES string of the molecule is COc1ccccc1CN(CCC(=O)Nc1cc(Cl)ccc1OC)C(C)=O. The summed E-state index contributed by atoms with van der Waals surface area (Å²) in [6, 6.07) is 12.5. The Labute approximate surface area is 164 Å². The maximum absolute atomic E-state index is 12.3. The van der Waals surface area contributed by atoms with E-state index in [2.05, 4.69) is 5.32 Å². The van der Waals surface area contributed by atoms with Gasteiger partial charge in [0.2, 0.25) is 11.8 Å². The minimum Gasteiger partial charge on any atom is -0.496 e. The number of carbonyl (C=O) groups excluding carboxylic acids is 2. The number of ether oxygens (including phenoxy) is 2. The summed E-state index contributed by atoms with van der Waals surface area (Å²) in [5.41, 5.74) is 1.38. The van der Waals surface area contributed by atoms with E-state index in [1.807, 2.05) is 24.3 Å². The van der Waals surface area contributed by atoms with Crippen molar-refractivity contribution >= 4 is 29.1 Å². The van der Waals surface area contributed by atoms with E-state index >= 15 is 0 Å². The quantitative estimate of drug-likeness (QED) is 0.745. The van der Waals surface area contributed by atoms with E-state index < -0.39 is 0 Å². The number of anilines is 1. The van der Waals surface area contributed by atoms with Crippen molar-refractivity contribution in [2.24, 2.45) is 0 Å². The maximum atomic E-state index is 12.3. The van der Waals surface area contributed by atoms with E-state index in [9.17, 15) is 9.59 Å². The predicted molar refractivity (Wildman–Crippen MR) is 105 cm³/mol. The molecule has 27 heavy (non-hydrogen) atoms. The van der Waals surface area contributed by atoms with Crippen molar-refractivity contribution < 1.29 is 19.1 Å². The average Bonchev–Trinajstić information content (AvgIpc) is 2.65. The van der Waals surface area contributed by atoms with Gasteiger partial charge >= 0.3 is 0 Å². The fourth-order valence-electron chi connectivity index (χ4n) is 2.61. The molecule has 6 nitrogen and oxygen atoms in total. The molecular weight excluding hydrogens is 368 g/mol. The summed E-state index contributed by atoms with van der Waals surface area (Å²) >= 11 is 5.97. The number of benzene rings is 2. The van der Waals surface area contributed by atoms with E-state index in [4.69, 9.17) is 21.1 Å². The average molecular weight is 391 g/mol. The van der Waals surface area contributed by atoms with Gasteiger partial charge in [0, 0.05) is 37.0 Å². The molecule has 144 valence electrons. The molecule has 0 aromatic heterocycles. The van der Waals surface area contributed by atoms with Crippen molar-refractivity contribution in [3.63, 3.8) is 0 Å². The van der Waals surface area contributed by atoms with Gasteiger partial charge in [-0.15, -0.1) is 0 Å². The van der Waals surface area contributed by atoms with Crippen LogP contribution in [0.1, 0.15) is 18.9 Å². The van der Waals surface area contributed by atoms with Gasteiger partial charge in [0.15, 0.2) is 0 Å². The van der Waals surface area contributed by atoms with Crippen LogP contribution in [0.4, 0.5) is 5.69 Å². The number of amides is 2. The molecule has 2 amide bonds. The minimum absolute atomic E-state index is 0.117. The largest absolute Gasteiger partial charge is 0.496 e. The second kappa shape index (κ2) is 9.83. The predicted octanol–water partition coefficient (Wildman–Crippen LogP) is 3.73. The molecule has 0 saturated heterocycles. The van der Waals surface area contributed by atoms with Crippen molar-refractivity contribution in [1.29, 1.82) is 0 Å². The monoisotopic (exact) mass is 390 g/mol. The van der Waals surface area contributed by atoms with Gasteiger partial charge in [0.05, 0.1) is 19.9 Å². The van der Waals surface area contributed by atoms with Crippen LogP contribution >= 0.6 is 11.6 Å². The zero-order valence-electron chi connectivity index (χ0n) is 15.6. The molecule has 0 heterocycles. The first-order valence-corrected chi connectivity index (χ1v) is 8.83. The lowest BCUT2D eigenvalue weighted by atomic mass is 10.2. The van der Waals surface area contributed by atoms with Gasteiger partial charge in [-0.2, -0.15) is 0 Å². The zero-order valence-corrected chi connectivity index (χ0v) is 16.4.